The summed E-state index contributed by atoms with van der Waals surface area (Å²) >= 11 is 11.9. The summed E-state index contributed by atoms with van der Waals surface area (Å²) in [5, 5.41) is 3.23. The van der Waals surface area contributed by atoms with Crippen LogP contribution in [0.2, 0.25) is 10.0 Å². The molecule has 4 nitrogen and oxygen atoms in total. The fourth-order valence-electron chi connectivity index (χ4n) is 2.21. The second-order valence-corrected chi connectivity index (χ2v) is 5.55. The third kappa shape index (κ3) is 3.87. The van der Waals surface area contributed by atoms with Crippen molar-refractivity contribution in [3.8, 4) is 0 Å². The molecule has 1 saturated carbocycles. The van der Waals surface area contributed by atoms with Crippen LogP contribution in [0.25, 0.3) is 0 Å². The van der Waals surface area contributed by atoms with E-state index in [1.165, 1.54) is 0 Å². The quantitative estimate of drug-likeness (QED) is 0.862. The van der Waals surface area contributed by atoms with Gasteiger partial charge in [0.05, 0.1) is 21.7 Å². The molecule has 1 aromatic rings. The Morgan fingerprint density at radius 2 is 1.80 bits per heavy atom. The molecule has 0 aliphatic heterocycles. The van der Waals surface area contributed by atoms with E-state index in [-0.39, 0.29) is 18.5 Å². The molecule has 1 fully saturated rings. The molecule has 0 saturated heterocycles. The number of carbonyl (C=O) groups is 2. The average Bonchev–Trinajstić information content (AvgIpc) is 2.94. The lowest BCUT2D eigenvalue weighted by Gasteiger charge is -2.11. The van der Waals surface area contributed by atoms with Crippen molar-refractivity contribution in [3.63, 3.8) is 0 Å². The highest BCUT2D eigenvalue weighted by Gasteiger charge is 2.24. The number of hydrogen-bond acceptors (Lipinski definition) is 3. The maximum Gasteiger partial charge on any atom is 0.309 e. The Balaban J connectivity index is 1.85. The minimum absolute atomic E-state index is 0.0632. The Bertz CT molecular complexity index is 493. The molecule has 0 unspecified atom stereocenters. The summed E-state index contributed by atoms with van der Waals surface area (Å²) in [5.41, 5.74) is 0.331. The number of ether oxygens (including phenoxy) is 1. The number of nitrogens with one attached hydrogen (secondary N) is 1. The molecule has 0 bridgehead atoms. The van der Waals surface area contributed by atoms with Gasteiger partial charge in [-0.05, 0) is 25.0 Å². The van der Waals surface area contributed by atoms with Gasteiger partial charge in [-0.15, -0.1) is 0 Å². The summed E-state index contributed by atoms with van der Waals surface area (Å²) in [5.74, 6) is -0.819. The third-order valence-corrected chi connectivity index (χ3v) is 3.89. The van der Waals surface area contributed by atoms with Crippen molar-refractivity contribution in [3.05, 3.63) is 28.2 Å². The van der Waals surface area contributed by atoms with E-state index in [1.54, 1.807) is 18.2 Å². The molecule has 1 aliphatic rings. The van der Waals surface area contributed by atoms with Gasteiger partial charge < -0.3 is 10.1 Å². The Labute approximate surface area is 127 Å². The first-order chi connectivity index (χ1) is 9.58. The molecule has 20 heavy (non-hydrogen) atoms. The smallest absolute Gasteiger partial charge is 0.309 e. The van der Waals surface area contributed by atoms with Crippen LogP contribution < -0.4 is 5.32 Å². The second-order valence-electron chi connectivity index (χ2n) is 4.73. The molecular formula is C14H15Cl2NO3. The van der Waals surface area contributed by atoms with Gasteiger partial charge in [0.1, 0.15) is 0 Å². The van der Waals surface area contributed by atoms with E-state index in [9.17, 15) is 9.59 Å². The largest absolute Gasteiger partial charge is 0.455 e. The van der Waals surface area contributed by atoms with E-state index < -0.39 is 5.91 Å². The predicted molar refractivity (Wildman–Crippen MR) is 78.0 cm³/mol. The minimum Gasteiger partial charge on any atom is -0.455 e. The lowest BCUT2D eigenvalue weighted by molar-refractivity contribution is -0.151. The SMILES string of the molecule is O=C(COC(=O)C1CCCC1)Nc1c(Cl)cccc1Cl. The van der Waals surface area contributed by atoms with Crippen LogP contribution in [-0.2, 0) is 14.3 Å². The number of amides is 1. The van der Waals surface area contributed by atoms with E-state index in [0.29, 0.717) is 15.7 Å². The van der Waals surface area contributed by atoms with Crippen molar-refractivity contribution in [1.82, 2.24) is 0 Å². The number of anilines is 1. The lowest BCUT2D eigenvalue weighted by atomic mass is 10.1. The van der Waals surface area contributed by atoms with Crippen LogP contribution in [0.4, 0.5) is 5.69 Å². The first-order valence-electron chi connectivity index (χ1n) is 6.48. The van der Waals surface area contributed by atoms with Crippen molar-refractivity contribution in [2.24, 2.45) is 5.92 Å². The van der Waals surface area contributed by atoms with Crippen molar-refractivity contribution >= 4 is 40.8 Å². The summed E-state index contributed by atoms with van der Waals surface area (Å²) in [6.45, 7) is -0.323. The molecular weight excluding hydrogens is 301 g/mol. The summed E-state index contributed by atoms with van der Waals surface area (Å²) in [7, 11) is 0. The monoisotopic (exact) mass is 315 g/mol. The molecule has 1 amide bonds. The molecule has 1 aromatic carbocycles. The molecule has 6 heteroatoms. The van der Waals surface area contributed by atoms with Gasteiger partial charge in [-0.1, -0.05) is 42.1 Å². The topological polar surface area (TPSA) is 55.4 Å². The van der Waals surface area contributed by atoms with Crippen LogP contribution in [0.3, 0.4) is 0 Å². The third-order valence-electron chi connectivity index (χ3n) is 3.26. The van der Waals surface area contributed by atoms with Gasteiger partial charge in [-0.2, -0.15) is 0 Å². The van der Waals surface area contributed by atoms with E-state index in [1.807, 2.05) is 0 Å². The Morgan fingerprint density at radius 1 is 1.20 bits per heavy atom. The molecule has 1 aliphatic carbocycles. The number of hydrogen-bond donors (Lipinski definition) is 1. The Kier molecular flexibility index (Phi) is 5.26. The minimum atomic E-state index is -0.452. The molecule has 0 spiro atoms. The molecule has 0 aromatic heterocycles. The molecule has 0 radical (unpaired) electrons. The highest BCUT2D eigenvalue weighted by molar-refractivity contribution is 6.39. The average molecular weight is 316 g/mol. The van der Waals surface area contributed by atoms with Gasteiger partial charge in [0.15, 0.2) is 6.61 Å². The van der Waals surface area contributed by atoms with Crippen molar-refractivity contribution in [1.29, 1.82) is 0 Å². The fraction of sp³-hybridized carbons (Fsp3) is 0.429. The molecule has 2 rings (SSSR count). The Morgan fingerprint density at radius 3 is 2.40 bits per heavy atom. The first kappa shape index (κ1) is 15.1. The summed E-state index contributed by atoms with van der Waals surface area (Å²) in [4.78, 5) is 23.4. The van der Waals surface area contributed by atoms with Crippen LogP contribution in [0.5, 0.6) is 0 Å². The summed E-state index contributed by atoms with van der Waals surface area (Å²) in [6.07, 6.45) is 3.77. The number of para-hydroxylation sites is 1. The zero-order valence-electron chi connectivity index (χ0n) is 10.8. The zero-order chi connectivity index (χ0) is 14.5. The summed E-state index contributed by atoms with van der Waals surface area (Å²) in [6, 6.07) is 4.92. The van der Waals surface area contributed by atoms with Gasteiger partial charge in [-0.3, -0.25) is 9.59 Å². The zero-order valence-corrected chi connectivity index (χ0v) is 12.3. The van der Waals surface area contributed by atoms with E-state index in [4.69, 9.17) is 27.9 Å². The van der Waals surface area contributed by atoms with Crippen molar-refractivity contribution < 1.29 is 14.3 Å². The maximum atomic E-state index is 11.7. The van der Waals surface area contributed by atoms with Crippen molar-refractivity contribution in [2.75, 3.05) is 11.9 Å². The highest BCUT2D eigenvalue weighted by atomic mass is 35.5. The van der Waals surface area contributed by atoms with Crippen LogP contribution in [0.15, 0.2) is 18.2 Å². The number of carbonyl (C=O) groups excluding carboxylic acids is 2. The van der Waals surface area contributed by atoms with E-state index in [0.717, 1.165) is 25.7 Å². The predicted octanol–water partition coefficient (Wildman–Crippen LogP) is 3.67. The molecule has 108 valence electrons. The van der Waals surface area contributed by atoms with E-state index >= 15 is 0 Å². The summed E-state index contributed by atoms with van der Waals surface area (Å²) < 4.78 is 5.00. The lowest BCUT2D eigenvalue weighted by Crippen LogP contribution is -2.24. The maximum absolute atomic E-state index is 11.7. The van der Waals surface area contributed by atoms with Crippen LogP contribution in [0, 0.1) is 5.92 Å². The second kappa shape index (κ2) is 6.95. The van der Waals surface area contributed by atoms with Crippen LogP contribution in [0.1, 0.15) is 25.7 Å². The normalized spacial score (nSPS) is 15.1. The molecule has 0 heterocycles. The van der Waals surface area contributed by atoms with Gasteiger partial charge in [-0.25, -0.2) is 0 Å². The van der Waals surface area contributed by atoms with Gasteiger partial charge in [0.2, 0.25) is 0 Å². The van der Waals surface area contributed by atoms with Crippen molar-refractivity contribution in [2.45, 2.75) is 25.7 Å². The van der Waals surface area contributed by atoms with E-state index in [2.05, 4.69) is 5.32 Å². The fourth-order valence-corrected chi connectivity index (χ4v) is 2.70. The van der Waals surface area contributed by atoms with Crippen LogP contribution in [-0.4, -0.2) is 18.5 Å². The van der Waals surface area contributed by atoms with Crippen LogP contribution >= 0.6 is 23.2 Å². The standard InChI is InChI=1S/C14H15Cl2NO3/c15-10-6-3-7-11(16)13(10)17-12(18)8-20-14(19)9-4-1-2-5-9/h3,6-7,9H,1-2,4-5,8H2,(H,17,18). The van der Waals surface area contributed by atoms with Gasteiger partial charge >= 0.3 is 5.97 Å². The van der Waals surface area contributed by atoms with Gasteiger partial charge in [0, 0.05) is 0 Å². The number of benzene rings is 1. The highest BCUT2D eigenvalue weighted by Crippen LogP contribution is 2.29. The first-order valence-corrected chi connectivity index (χ1v) is 7.24. The molecule has 1 N–H and O–H groups in total. The number of rotatable bonds is 4. The molecule has 0 atom stereocenters. The Hall–Kier alpha value is -1.26. The number of halogens is 2. The number of esters is 1. The van der Waals surface area contributed by atoms with Gasteiger partial charge in [0.25, 0.3) is 5.91 Å².